The third kappa shape index (κ3) is 3.47. The van der Waals surface area contributed by atoms with E-state index in [1.807, 2.05) is 6.07 Å². The number of amides is 1. The fourth-order valence-electron chi connectivity index (χ4n) is 2.39. The Morgan fingerprint density at radius 2 is 1.76 bits per heavy atom. The van der Waals surface area contributed by atoms with E-state index in [1.165, 1.54) is 28.8 Å². The second-order valence-electron chi connectivity index (χ2n) is 5.15. The van der Waals surface area contributed by atoms with Gasteiger partial charge < -0.3 is 14.6 Å². The van der Waals surface area contributed by atoms with Crippen LogP contribution in [0.5, 0.6) is 17.2 Å². The van der Waals surface area contributed by atoms with E-state index >= 15 is 0 Å². The predicted octanol–water partition coefficient (Wildman–Crippen LogP) is 3.82. The summed E-state index contributed by atoms with van der Waals surface area (Å²) in [4.78, 5) is 14.7. The molecule has 0 atom stereocenters. The van der Waals surface area contributed by atoms with Gasteiger partial charge >= 0.3 is 0 Å². The van der Waals surface area contributed by atoms with Crippen LogP contribution in [-0.4, -0.2) is 29.6 Å². The summed E-state index contributed by atoms with van der Waals surface area (Å²) >= 11 is 6.57. The van der Waals surface area contributed by atoms with Crippen molar-refractivity contribution in [2.45, 2.75) is 0 Å². The lowest BCUT2D eigenvalue weighted by molar-refractivity contribution is -0.113. The van der Waals surface area contributed by atoms with Crippen LogP contribution in [0.2, 0.25) is 0 Å². The highest BCUT2D eigenvalue weighted by atomic mass is 32.2. The van der Waals surface area contributed by atoms with Gasteiger partial charge in [0.25, 0.3) is 5.91 Å². The minimum atomic E-state index is -0.199. The van der Waals surface area contributed by atoms with Gasteiger partial charge in [-0.3, -0.25) is 9.69 Å². The number of rotatable bonds is 4. The van der Waals surface area contributed by atoms with E-state index in [4.69, 9.17) is 21.7 Å². The van der Waals surface area contributed by atoms with Crippen LogP contribution in [0.25, 0.3) is 6.08 Å². The second kappa shape index (κ2) is 7.16. The molecule has 3 rings (SSSR count). The molecule has 1 fully saturated rings. The lowest BCUT2D eigenvalue weighted by atomic mass is 10.2. The Hall–Kier alpha value is -2.51. The minimum Gasteiger partial charge on any atom is -0.508 e. The van der Waals surface area contributed by atoms with Crippen molar-refractivity contribution in [3.8, 4) is 17.2 Å². The van der Waals surface area contributed by atoms with Gasteiger partial charge in [-0.15, -0.1) is 0 Å². The number of thioether (sulfide) groups is 1. The number of benzene rings is 2. The number of aromatic hydroxyl groups is 1. The molecule has 5 nitrogen and oxygen atoms in total. The molecule has 1 heterocycles. The molecule has 25 heavy (non-hydrogen) atoms. The molecule has 0 aromatic heterocycles. The maximum atomic E-state index is 12.7. The zero-order valence-electron chi connectivity index (χ0n) is 13.6. The first-order valence-electron chi connectivity index (χ1n) is 7.32. The number of hydrogen-bond donors (Lipinski definition) is 1. The fraction of sp³-hybridized carbons (Fsp3) is 0.111. The van der Waals surface area contributed by atoms with Gasteiger partial charge in [0.2, 0.25) is 0 Å². The van der Waals surface area contributed by atoms with E-state index in [2.05, 4.69) is 0 Å². The first-order chi connectivity index (χ1) is 12.0. The molecule has 0 radical (unpaired) electrons. The number of carbonyl (C=O) groups is 1. The van der Waals surface area contributed by atoms with Crippen LogP contribution in [0.15, 0.2) is 47.4 Å². The van der Waals surface area contributed by atoms with Crippen molar-refractivity contribution in [3.05, 3.63) is 52.9 Å². The summed E-state index contributed by atoms with van der Waals surface area (Å²) in [5, 5.41) is 9.40. The molecule has 0 spiro atoms. The lowest BCUT2D eigenvalue weighted by Gasteiger charge is -2.14. The molecule has 1 aliphatic heterocycles. The van der Waals surface area contributed by atoms with Crippen molar-refractivity contribution in [1.82, 2.24) is 0 Å². The van der Waals surface area contributed by atoms with Crippen LogP contribution >= 0.6 is 24.0 Å². The Kier molecular flexibility index (Phi) is 4.96. The molecular weight excluding hydrogens is 358 g/mol. The summed E-state index contributed by atoms with van der Waals surface area (Å²) in [5.41, 5.74) is 1.43. The molecule has 0 unspecified atom stereocenters. The average Bonchev–Trinajstić information content (AvgIpc) is 2.89. The molecule has 7 heteroatoms. The number of methoxy groups -OCH3 is 2. The molecule has 0 bridgehead atoms. The quantitative estimate of drug-likeness (QED) is 0.650. The van der Waals surface area contributed by atoms with Gasteiger partial charge in [0.1, 0.15) is 5.75 Å². The summed E-state index contributed by atoms with van der Waals surface area (Å²) in [7, 11) is 3.13. The zero-order valence-corrected chi connectivity index (χ0v) is 15.2. The minimum absolute atomic E-state index is 0.134. The number of carbonyl (C=O) groups excluding carboxylic acids is 1. The molecule has 2 aromatic rings. The van der Waals surface area contributed by atoms with Crippen molar-refractivity contribution in [1.29, 1.82) is 0 Å². The van der Waals surface area contributed by atoms with Gasteiger partial charge in [0.05, 0.1) is 24.8 Å². The summed E-state index contributed by atoms with van der Waals surface area (Å²) in [5.74, 6) is 1.15. The summed E-state index contributed by atoms with van der Waals surface area (Å²) in [6.07, 6.45) is 1.77. The number of nitrogens with zero attached hydrogens (tertiary/aromatic N) is 1. The molecule has 0 aliphatic carbocycles. The van der Waals surface area contributed by atoms with Crippen molar-refractivity contribution in [3.63, 3.8) is 0 Å². The maximum Gasteiger partial charge on any atom is 0.270 e. The van der Waals surface area contributed by atoms with Gasteiger partial charge in [-0.2, -0.15) is 0 Å². The molecule has 1 N–H and O–H groups in total. The molecule has 1 aliphatic rings. The highest BCUT2D eigenvalue weighted by molar-refractivity contribution is 8.27. The maximum absolute atomic E-state index is 12.7. The van der Waals surface area contributed by atoms with Crippen LogP contribution in [0.3, 0.4) is 0 Å². The molecular formula is C18H15NO4S2. The van der Waals surface area contributed by atoms with Gasteiger partial charge in [-0.05, 0) is 48.0 Å². The van der Waals surface area contributed by atoms with E-state index in [0.717, 1.165) is 5.56 Å². The fourth-order valence-corrected chi connectivity index (χ4v) is 3.69. The third-order valence-corrected chi connectivity index (χ3v) is 4.91. The predicted molar refractivity (Wildman–Crippen MR) is 103 cm³/mol. The Balaban J connectivity index is 1.91. The number of anilines is 1. The van der Waals surface area contributed by atoms with Gasteiger partial charge in [-0.1, -0.05) is 30.0 Å². The van der Waals surface area contributed by atoms with E-state index < -0.39 is 0 Å². The normalized spacial score (nSPS) is 15.8. The van der Waals surface area contributed by atoms with Gasteiger partial charge in [0.15, 0.2) is 15.8 Å². The number of thiocarbonyl (C=S) groups is 1. The Labute approximate surface area is 154 Å². The molecule has 1 saturated heterocycles. The summed E-state index contributed by atoms with van der Waals surface area (Å²) < 4.78 is 10.9. The Morgan fingerprint density at radius 3 is 2.40 bits per heavy atom. The first-order valence-corrected chi connectivity index (χ1v) is 8.55. The van der Waals surface area contributed by atoms with E-state index in [1.54, 1.807) is 44.6 Å². The average molecular weight is 373 g/mol. The second-order valence-corrected chi connectivity index (χ2v) is 6.82. The van der Waals surface area contributed by atoms with Gasteiger partial charge in [-0.25, -0.2) is 0 Å². The van der Waals surface area contributed by atoms with Crippen LogP contribution in [0.1, 0.15) is 5.56 Å². The lowest BCUT2D eigenvalue weighted by Crippen LogP contribution is -2.27. The largest absolute Gasteiger partial charge is 0.508 e. The van der Waals surface area contributed by atoms with Crippen molar-refractivity contribution in [2.75, 3.05) is 19.1 Å². The highest BCUT2D eigenvalue weighted by Gasteiger charge is 2.33. The number of phenols is 1. The smallest absolute Gasteiger partial charge is 0.270 e. The Morgan fingerprint density at radius 1 is 1.08 bits per heavy atom. The molecule has 1 amide bonds. The molecule has 0 saturated carbocycles. The molecule has 128 valence electrons. The van der Waals surface area contributed by atoms with Gasteiger partial charge in [0, 0.05) is 0 Å². The zero-order chi connectivity index (χ0) is 18.0. The molecule has 2 aromatic carbocycles. The van der Waals surface area contributed by atoms with E-state index in [9.17, 15) is 9.90 Å². The van der Waals surface area contributed by atoms with Crippen molar-refractivity contribution >= 4 is 46.0 Å². The SMILES string of the molecule is COc1ccc(/C=C2\SC(=S)N(c3ccc(O)cc3)C2=O)cc1OC. The van der Waals surface area contributed by atoms with E-state index in [-0.39, 0.29) is 11.7 Å². The monoisotopic (exact) mass is 373 g/mol. The van der Waals surface area contributed by atoms with Crippen LogP contribution < -0.4 is 14.4 Å². The third-order valence-electron chi connectivity index (χ3n) is 3.61. The Bertz CT molecular complexity index is 862. The van der Waals surface area contributed by atoms with E-state index in [0.29, 0.717) is 26.4 Å². The topological polar surface area (TPSA) is 59.0 Å². The van der Waals surface area contributed by atoms with Crippen LogP contribution in [-0.2, 0) is 4.79 Å². The first kappa shape index (κ1) is 17.3. The number of hydrogen-bond acceptors (Lipinski definition) is 6. The standard InChI is InChI=1S/C18H15NO4S2/c1-22-14-8-3-11(9-15(14)23-2)10-16-17(21)19(18(24)25-16)12-4-6-13(20)7-5-12/h3-10,20H,1-2H3/b16-10-. The highest BCUT2D eigenvalue weighted by Crippen LogP contribution is 2.37. The van der Waals surface area contributed by atoms with Crippen LogP contribution in [0, 0.1) is 0 Å². The van der Waals surface area contributed by atoms with Crippen molar-refractivity contribution < 1.29 is 19.4 Å². The van der Waals surface area contributed by atoms with Crippen LogP contribution in [0.4, 0.5) is 5.69 Å². The summed E-state index contributed by atoms with van der Waals surface area (Å²) in [6.45, 7) is 0. The number of phenolic OH excluding ortho intramolecular Hbond substituents is 1. The van der Waals surface area contributed by atoms with Crippen molar-refractivity contribution in [2.24, 2.45) is 0 Å². The number of ether oxygens (including phenoxy) is 2. The summed E-state index contributed by atoms with van der Waals surface area (Å²) in [6, 6.07) is 11.8.